The molecule has 0 N–H and O–H groups in total. The zero-order valence-corrected chi connectivity index (χ0v) is 15.6. The Morgan fingerprint density at radius 3 is 2.72 bits per heavy atom. The molecule has 6 heteroatoms. The van der Waals surface area contributed by atoms with Crippen molar-refractivity contribution >= 4 is 0 Å². The molecular formula is C19H28N4O2. The largest absolute Gasteiger partial charge is 0.491 e. The molecule has 6 nitrogen and oxygen atoms in total. The zero-order chi connectivity index (χ0) is 17.9. The van der Waals surface area contributed by atoms with Crippen LogP contribution in [0.4, 0.5) is 0 Å². The van der Waals surface area contributed by atoms with E-state index in [-0.39, 0.29) is 11.7 Å². The van der Waals surface area contributed by atoms with E-state index in [0.717, 1.165) is 43.6 Å². The van der Waals surface area contributed by atoms with Crippen molar-refractivity contribution in [1.82, 2.24) is 19.7 Å². The highest BCUT2D eigenvalue weighted by Gasteiger charge is 2.34. The van der Waals surface area contributed by atoms with Crippen LogP contribution in [0.2, 0.25) is 0 Å². The monoisotopic (exact) mass is 344 g/mol. The second-order valence-electron chi connectivity index (χ2n) is 7.20. The lowest BCUT2D eigenvalue weighted by molar-refractivity contribution is -0.148. The first-order chi connectivity index (χ1) is 12.0. The van der Waals surface area contributed by atoms with Gasteiger partial charge < -0.3 is 14.0 Å². The molecule has 1 aromatic carbocycles. The van der Waals surface area contributed by atoms with Crippen molar-refractivity contribution in [2.45, 2.75) is 52.5 Å². The van der Waals surface area contributed by atoms with Crippen LogP contribution >= 0.6 is 0 Å². The normalized spacial score (nSPS) is 20.6. The smallest absolute Gasteiger partial charge is 0.147 e. The molecule has 0 bridgehead atoms. The van der Waals surface area contributed by atoms with E-state index in [0.29, 0.717) is 6.61 Å². The summed E-state index contributed by atoms with van der Waals surface area (Å²) >= 11 is 0. The van der Waals surface area contributed by atoms with Crippen molar-refractivity contribution in [1.29, 1.82) is 0 Å². The van der Waals surface area contributed by atoms with Crippen molar-refractivity contribution < 1.29 is 9.47 Å². The Labute approximate surface area is 149 Å². The molecular weight excluding hydrogens is 316 g/mol. The molecule has 1 saturated heterocycles. The van der Waals surface area contributed by atoms with Gasteiger partial charge in [-0.1, -0.05) is 18.2 Å². The third-order valence-corrected chi connectivity index (χ3v) is 4.42. The molecule has 0 spiro atoms. The van der Waals surface area contributed by atoms with Crippen LogP contribution in [-0.2, 0) is 17.8 Å². The van der Waals surface area contributed by atoms with Crippen molar-refractivity contribution in [2.24, 2.45) is 0 Å². The highest BCUT2D eigenvalue weighted by molar-refractivity contribution is 5.20. The Bertz CT molecular complexity index is 684. The van der Waals surface area contributed by atoms with Crippen molar-refractivity contribution in [3.8, 4) is 5.75 Å². The molecule has 0 radical (unpaired) electrons. The predicted octanol–water partition coefficient (Wildman–Crippen LogP) is 2.66. The van der Waals surface area contributed by atoms with Gasteiger partial charge in [0.2, 0.25) is 0 Å². The molecule has 1 aliphatic rings. The molecule has 2 heterocycles. The summed E-state index contributed by atoms with van der Waals surface area (Å²) in [7, 11) is 0. The minimum Gasteiger partial charge on any atom is -0.491 e. The quantitative estimate of drug-likeness (QED) is 0.806. The third-order valence-electron chi connectivity index (χ3n) is 4.42. The van der Waals surface area contributed by atoms with E-state index in [9.17, 15) is 0 Å². The summed E-state index contributed by atoms with van der Waals surface area (Å²) < 4.78 is 14.3. The third kappa shape index (κ3) is 4.58. The molecule has 3 rings (SSSR count). The van der Waals surface area contributed by atoms with Crippen LogP contribution in [0.3, 0.4) is 0 Å². The van der Waals surface area contributed by atoms with Gasteiger partial charge in [-0.05, 0) is 39.8 Å². The fourth-order valence-electron chi connectivity index (χ4n) is 3.48. The second-order valence-corrected chi connectivity index (χ2v) is 7.20. The van der Waals surface area contributed by atoms with Gasteiger partial charge in [0.15, 0.2) is 0 Å². The Kier molecular flexibility index (Phi) is 5.39. The van der Waals surface area contributed by atoms with E-state index in [1.54, 1.807) is 0 Å². The molecule has 0 saturated carbocycles. The van der Waals surface area contributed by atoms with Crippen LogP contribution in [0, 0.1) is 6.92 Å². The molecule has 1 fully saturated rings. The Morgan fingerprint density at radius 1 is 1.24 bits per heavy atom. The lowest BCUT2D eigenvalue weighted by Crippen LogP contribution is -2.54. The number of aryl methyl sites for hydroxylation is 1. The standard InChI is InChI=1S/C19H28N4O2/c1-5-23-15(2)20-21-18(23)12-22-11-17(25-19(3,4)14-22)13-24-16-9-7-6-8-10-16/h6-10,17H,5,11-14H2,1-4H3. The zero-order valence-electron chi connectivity index (χ0n) is 15.6. The van der Waals surface area contributed by atoms with Crippen LogP contribution < -0.4 is 4.74 Å². The molecule has 2 aromatic rings. The van der Waals surface area contributed by atoms with Gasteiger partial charge >= 0.3 is 0 Å². The average Bonchev–Trinajstić information content (AvgIpc) is 2.92. The average molecular weight is 344 g/mol. The van der Waals surface area contributed by atoms with E-state index in [4.69, 9.17) is 9.47 Å². The number of hydrogen-bond donors (Lipinski definition) is 0. The number of benzene rings is 1. The topological polar surface area (TPSA) is 52.4 Å². The van der Waals surface area contributed by atoms with Crippen molar-refractivity contribution in [3.63, 3.8) is 0 Å². The fourth-order valence-corrected chi connectivity index (χ4v) is 3.48. The summed E-state index contributed by atoms with van der Waals surface area (Å²) in [6.07, 6.45) is 0.0306. The lowest BCUT2D eigenvalue weighted by Gasteiger charge is -2.42. The molecule has 136 valence electrons. The maximum absolute atomic E-state index is 6.22. The number of ether oxygens (including phenoxy) is 2. The first-order valence-corrected chi connectivity index (χ1v) is 8.93. The van der Waals surface area contributed by atoms with E-state index in [2.05, 4.69) is 40.4 Å². The van der Waals surface area contributed by atoms with Crippen LogP contribution in [0.15, 0.2) is 30.3 Å². The van der Waals surface area contributed by atoms with E-state index in [1.165, 1.54) is 0 Å². The molecule has 25 heavy (non-hydrogen) atoms. The van der Waals surface area contributed by atoms with Gasteiger partial charge in [0.05, 0.1) is 12.1 Å². The molecule has 0 aliphatic carbocycles. The highest BCUT2D eigenvalue weighted by atomic mass is 16.5. The van der Waals surface area contributed by atoms with Gasteiger partial charge in [0.1, 0.15) is 30.1 Å². The number of para-hydroxylation sites is 1. The summed E-state index contributed by atoms with van der Waals surface area (Å²) in [4.78, 5) is 2.39. The van der Waals surface area contributed by atoms with Crippen LogP contribution in [0.1, 0.15) is 32.4 Å². The first kappa shape index (κ1) is 17.9. The maximum atomic E-state index is 6.22. The molecule has 1 aliphatic heterocycles. The van der Waals surface area contributed by atoms with Gasteiger partial charge in [-0.3, -0.25) is 4.90 Å². The number of morpholine rings is 1. The van der Waals surface area contributed by atoms with Crippen molar-refractivity contribution in [3.05, 3.63) is 42.0 Å². The van der Waals surface area contributed by atoms with Gasteiger partial charge in [-0.2, -0.15) is 0 Å². The number of nitrogens with zero attached hydrogens (tertiary/aromatic N) is 4. The van der Waals surface area contributed by atoms with Crippen molar-refractivity contribution in [2.75, 3.05) is 19.7 Å². The van der Waals surface area contributed by atoms with E-state index < -0.39 is 0 Å². The van der Waals surface area contributed by atoms with E-state index in [1.807, 2.05) is 37.3 Å². The minimum atomic E-state index is -0.213. The number of aromatic nitrogens is 3. The van der Waals surface area contributed by atoms with Crippen LogP contribution in [-0.4, -0.2) is 51.1 Å². The maximum Gasteiger partial charge on any atom is 0.147 e. The molecule has 0 amide bonds. The highest BCUT2D eigenvalue weighted by Crippen LogP contribution is 2.23. The number of hydrogen-bond acceptors (Lipinski definition) is 5. The Hall–Kier alpha value is -1.92. The second kappa shape index (κ2) is 7.54. The molecule has 1 unspecified atom stereocenters. The summed E-state index contributed by atoms with van der Waals surface area (Å²) in [6.45, 7) is 12.3. The molecule has 1 atom stereocenters. The summed E-state index contributed by atoms with van der Waals surface area (Å²) in [5.74, 6) is 2.86. The summed E-state index contributed by atoms with van der Waals surface area (Å²) in [6, 6.07) is 9.89. The summed E-state index contributed by atoms with van der Waals surface area (Å²) in [5, 5.41) is 8.56. The van der Waals surface area contributed by atoms with Gasteiger partial charge in [0.25, 0.3) is 0 Å². The van der Waals surface area contributed by atoms with Crippen LogP contribution in [0.5, 0.6) is 5.75 Å². The van der Waals surface area contributed by atoms with Gasteiger partial charge in [0, 0.05) is 19.6 Å². The summed E-state index contributed by atoms with van der Waals surface area (Å²) in [5.41, 5.74) is -0.213. The fraction of sp³-hybridized carbons (Fsp3) is 0.579. The van der Waals surface area contributed by atoms with Crippen LogP contribution in [0.25, 0.3) is 0 Å². The van der Waals surface area contributed by atoms with E-state index >= 15 is 0 Å². The Morgan fingerprint density at radius 2 is 2.00 bits per heavy atom. The number of rotatable bonds is 6. The van der Waals surface area contributed by atoms with Gasteiger partial charge in [-0.25, -0.2) is 0 Å². The first-order valence-electron chi connectivity index (χ1n) is 8.93. The predicted molar refractivity (Wildman–Crippen MR) is 96.6 cm³/mol. The lowest BCUT2D eigenvalue weighted by atomic mass is 10.1. The van der Waals surface area contributed by atoms with Gasteiger partial charge in [-0.15, -0.1) is 10.2 Å². The minimum absolute atomic E-state index is 0.0306. The Balaban J connectivity index is 1.64. The molecule has 1 aromatic heterocycles. The SMILES string of the molecule is CCn1c(C)nnc1CN1CC(COc2ccccc2)OC(C)(C)C1.